The Morgan fingerprint density at radius 1 is 0.351 bits per heavy atom. The first kappa shape index (κ1) is 22.7. The van der Waals surface area contributed by atoms with Gasteiger partial charge in [-0.3, -0.25) is 4.98 Å². The number of pyridine rings is 1. The minimum atomic E-state index is 0.938. The highest BCUT2D eigenvalue weighted by molar-refractivity contribution is 5.78. The van der Waals surface area contributed by atoms with Crippen LogP contribution in [0, 0.1) is 0 Å². The number of hydrogen-bond donors (Lipinski definition) is 0. The fraction of sp³-hybridized carbons (Fsp3) is 0.0278. The lowest BCUT2D eigenvalue weighted by Crippen LogP contribution is -1.89. The molecule has 0 bridgehead atoms. The fourth-order valence-corrected chi connectivity index (χ4v) is 4.84. The van der Waals surface area contributed by atoms with Gasteiger partial charge in [-0.25, -0.2) is 0 Å². The van der Waals surface area contributed by atoms with E-state index in [-0.39, 0.29) is 0 Å². The summed E-state index contributed by atoms with van der Waals surface area (Å²) < 4.78 is 0. The van der Waals surface area contributed by atoms with E-state index in [9.17, 15) is 0 Å². The Morgan fingerprint density at radius 3 is 1.38 bits per heavy atom. The topological polar surface area (TPSA) is 12.9 Å². The average molecular weight is 474 g/mol. The van der Waals surface area contributed by atoms with Gasteiger partial charge in [-0.05, 0) is 81.3 Å². The molecule has 6 rings (SSSR count). The summed E-state index contributed by atoms with van der Waals surface area (Å²) in [6, 6.07) is 51.8. The second-order valence-corrected chi connectivity index (χ2v) is 9.32. The van der Waals surface area contributed by atoms with Gasteiger partial charge in [0.05, 0.1) is 5.69 Å². The summed E-state index contributed by atoms with van der Waals surface area (Å²) in [5.74, 6) is 0. The lowest BCUT2D eigenvalue weighted by molar-refractivity contribution is 1.19. The van der Waals surface area contributed by atoms with Gasteiger partial charge in [0.15, 0.2) is 0 Å². The third-order valence-electron chi connectivity index (χ3n) is 6.73. The van der Waals surface area contributed by atoms with Crippen molar-refractivity contribution < 1.29 is 0 Å². The van der Waals surface area contributed by atoms with Crippen LogP contribution >= 0.6 is 0 Å². The van der Waals surface area contributed by atoms with Gasteiger partial charge in [0, 0.05) is 11.8 Å². The molecule has 0 unspecified atom stereocenters. The van der Waals surface area contributed by atoms with E-state index in [0.717, 1.165) is 17.7 Å². The second-order valence-electron chi connectivity index (χ2n) is 9.32. The minimum Gasteiger partial charge on any atom is -0.256 e. The molecule has 5 aromatic carbocycles. The number of rotatable bonds is 6. The Labute approximate surface area is 218 Å². The minimum absolute atomic E-state index is 0.938. The molecular weight excluding hydrogens is 446 g/mol. The Bertz CT molecular complexity index is 1630. The van der Waals surface area contributed by atoms with Gasteiger partial charge in [-0.1, -0.05) is 115 Å². The molecule has 0 spiro atoms. The molecular formula is C36H27N. The second kappa shape index (κ2) is 10.5. The lowest BCUT2D eigenvalue weighted by Gasteiger charge is -2.10. The van der Waals surface area contributed by atoms with Gasteiger partial charge < -0.3 is 0 Å². The number of aromatic nitrogens is 1. The predicted octanol–water partition coefficient (Wildman–Crippen LogP) is 9.34. The van der Waals surface area contributed by atoms with Crippen molar-refractivity contribution in [3.8, 4) is 44.6 Å². The van der Waals surface area contributed by atoms with Gasteiger partial charge >= 0.3 is 0 Å². The zero-order valence-electron chi connectivity index (χ0n) is 20.6. The number of benzene rings is 5. The monoisotopic (exact) mass is 473 g/mol. The van der Waals surface area contributed by atoms with Crippen LogP contribution in [0.1, 0.15) is 11.1 Å². The quantitative estimate of drug-likeness (QED) is 0.235. The van der Waals surface area contributed by atoms with E-state index in [1.54, 1.807) is 0 Å². The average Bonchev–Trinajstić information content (AvgIpc) is 2.98. The van der Waals surface area contributed by atoms with Crippen LogP contribution in [0.3, 0.4) is 0 Å². The molecule has 1 heteroatoms. The molecule has 176 valence electrons. The van der Waals surface area contributed by atoms with Crippen molar-refractivity contribution >= 4 is 0 Å². The van der Waals surface area contributed by atoms with Crippen LogP contribution in [0.25, 0.3) is 44.6 Å². The first-order valence-electron chi connectivity index (χ1n) is 12.7. The molecule has 0 amide bonds. The van der Waals surface area contributed by atoms with Crippen molar-refractivity contribution in [1.29, 1.82) is 0 Å². The highest BCUT2D eigenvalue weighted by Crippen LogP contribution is 2.31. The Morgan fingerprint density at radius 2 is 0.811 bits per heavy atom. The van der Waals surface area contributed by atoms with Gasteiger partial charge in [0.25, 0.3) is 0 Å². The van der Waals surface area contributed by atoms with Gasteiger partial charge in [0.1, 0.15) is 0 Å². The van der Waals surface area contributed by atoms with Gasteiger partial charge in [0.2, 0.25) is 0 Å². The van der Waals surface area contributed by atoms with Crippen molar-refractivity contribution in [1.82, 2.24) is 4.98 Å². The molecule has 6 aromatic rings. The third-order valence-corrected chi connectivity index (χ3v) is 6.73. The fourth-order valence-electron chi connectivity index (χ4n) is 4.84. The van der Waals surface area contributed by atoms with Crippen molar-refractivity contribution in [2.24, 2.45) is 0 Å². The SMILES string of the molecule is c1ccc(Cc2cccc(-c3cccc(-c4cccc(-c5cccc(-c6ccccn6)c5)c4)c3)c2)cc1. The highest BCUT2D eigenvalue weighted by atomic mass is 14.7. The van der Waals surface area contributed by atoms with Gasteiger partial charge in [-0.2, -0.15) is 0 Å². The standard InChI is InChI=1S/C36H27N/c1-2-10-27(11-3-1)22-28-12-6-13-29(23-28)30-14-7-15-31(24-30)32-16-8-17-33(25-32)34-18-9-19-35(26-34)36-20-4-5-21-37-36/h1-21,23-26H,22H2. The maximum atomic E-state index is 4.52. The molecule has 0 radical (unpaired) electrons. The molecule has 0 aliphatic rings. The van der Waals surface area contributed by atoms with Crippen LogP contribution in [0.15, 0.2) is 152 Å². The first-order valence-corrected chi connectivity index (χ1v) is 12.7. The molecule has 0 N–H and O–H groups in total. The molecule has 0 saturated carbocycles. The van der Waals surface area contributed by atoms with Crippen molar-refractivity contribution in [2.75, 3.05) is 0 Å². The summed E-state index contributed by atoms with van der Waals surface area (Å²) in [5.41, 5.74) is 12.1. The van der Waals surface area contributed by atoms with Crippen molar-refractivity contribution in [3.63, 3.8) is 0 Å². The van der Waals surface area contributed by atoms with Gasteiger partial charge in [-0.15, -0.1) is 0 Å². The van der Waals surface area contributed by atoms with E-state index < -0.39 is 0 Å². The van der Waals surface area contributed by atoms with E-state index in [2.05, 4.69) is 138 Å². The zero-order chi connectivity index (χ0) is 24.9. The Balaban J connectivity index is 1.30. The maximum Gasteiger partial charge on any atom is 0.0702 e. The zero-order valence-corrected chi connectivity index (χ0v) is 20.6. The molecule has 37 heavy (non-hydrogen) atoms. The molecule has 0 saturated heterocycles. The predicted molar refractivity (Wildman–Crippen MR) is 155 cm³/mol. The molecule has 0 aliphatic heterocycles. The number of nitrogens with zero attached hydrogens (tertiary/aromatic N) is 1. The molecule has 1 heterocycles. The van der Waals surface area contributed by atoms with Crippen LogP contribution in [0.4, 0.5) is 0 Å². The molecule has 1 aromatic heterocycles. The number of hydrogen-bond acceptors (Lipinski definition) is 1. The summed E-state index contributed by atoms with van der Waals surface area (Å²) in [4.78, 5) is 4.52. The smallest absolute Gasteiger partial charge is 0.0702 e. The summed E-state index contributed by atoms with van der Waals surface area (Å²) in [6.07, 6.45) is 2.78. The molecule has 0 atom stereocenters. The van der Waals surface area contributed by atoms with Crippen LogP contribution < -0.4 is 0 Å². The van der Waals surface area contributed by atoms with Crippen LogP contribution in [0.2, 0.25) is 0 Å². The van der Waals surface area contributed by atoms with E-state index in [1.165, 1.54) is 44.5 Å². The highest BCUT2D eigenvalue weighted by Gasteiger charge is 2.07. The van der Waals surface area contributed by atoms with Crippen molar-refractivity contribution in [2.45, 2.75) is 6.42 Å². The Kier molecular flexibility index (Phi) is 6.43. The molecule has 0 aliphatic carbocycles. The largest absolute Gasteiger partial charge is 0.256 e. The van der Waals surface area contributed by atoms with E-state index in [0.29, 0.717) is 0 Å². The summed E-state index contributed by atoms with van der Waals surface area (Å²) >= 11 is 0. The maximum absolute atomic E-state index is 4.52. The van der Waals surface area contributed by atoms with Crippen LogP contribution in [-0.2, 0) is 6.42 Å². The van der Waals surface area contributed by atoms with Crippen LogP contribution in [-0.4, -0.2) is 4.98 Å². The molecule has 1 nitrogen and oxygen atoms in total. The molecule has 0 fully saturated rings. The van der Waals surface area contributed by atoms with Crippen LogP contribution in [0.5, 0.6) is 0 Å². The normalized spacial score (nSPS) is 10.8. The summed E-state index contributed by atoms with van der Waals surface area (Å²) in [5, 5.41) is 0. The summed E-state index contributed by atoms with van der Waals surface area (Å²) in [7, 11) is 0. The lowest BCUT2D eigenvalue weighted by atomic mass is 9.94. The first-order chi connectivity index (χ1) is 18.3. The van der Waals surface area contributed by atoms with E-state index in [1.807, 2.05) is 18.3 Å². The summed E-state index contributed by atoms with van der Waals surface area (Å²) in [6.45, 7) is 0. The third kappa shape index (κ3) is 5.27. The van der Waals surface area contributed by atoms with E-state index >= 15 is 0 Å². The van der Waals surface area contributed by atoms with E-state index in [4.69, 9.17) is 0 Å². The Hall–Kier alpha value is -4.75. The van der Waals surface area contributed by atoms with Crippen molar-refractivity contribution in [3.05, 3.63) is 163 Å².